The predicted octanol–water partition coefficient (Wildman–Crippen LogP) is 3.79. The van der Waals surface area contributed by atoms with Crippen LogP contribution < -0.4 is 0 Å². The third-order valence-corrected chi connectivity index (χ3v) is 3.21. The topological polar surface area (TPSA) is 37.9 Å². The quantitative estimate of drug-likeness (QED) is 0.888. The summed E-state index contributed by atoms with van der Waals surface area (Å²) in [5.74, 6) is 0. The van der Waals surface area contributed by atoms with Crippen molar-refractivity contribution in [1.82, 2.24) is 10.2 Å². The molecule has 3 heteroatoms. The van der Waals surface area contributed by atoms with Crippen LogP contribution >= 0.6 is 0 Å². The lowest BCUT2D eigenvalue weighted by atomic mass is 10.0. The minimum absolute atomic E-state index is 0.149. The smallest absolute Gasteiger partial charge is 0.0796 e. The van der Waals surface area contributed by atoms with Gasteiger partial charge in [-0.05, 0) is 38.8 Å². The fourth-order valence-corrected chi connectivity index (χ4v) is 2.24. The highest BCUT2D eigenvalue weighted by atomic mass is 16.5. The second-order valence-corrected chi connectivity index (χ2v) is 4.53. The molecule has 1 atom stereocenters. The Balaban J connectivity index is 2.28. The van der Waals surface area contributed by atoms with Crippen LogP contribution in [-0.4, -0.2) is 16.8 Å². The van der Waals surface area contributed by atoms with Gasteiger partial charge in [-0.3, -0.25) is 5.10 Å². The van der Waals surface area contributed by atoms with E-state index >= 15 is 0 Å². The lowest BCUT2D eigenvalue weighted by Crippen LogP contribution is -1.99. The standard InChI is InChI=1S/C15H20N2O/c1-5-18-12(4)13-6-8-14(9-7-13)15-10(2)16-17-11(15)3/h6-9,12H,5H2,1-4H3,(H,16,17). The van der Waals surface area contributed by atoms with Gasteiger partial charge >= 0.3 is 0 Å². The molecule has 0 amide bonds. The lowest BCUT2D eigenvalue weighted by molar-refractivity contribution is 0.0764. The summed E-state index contributed by atoms with van der Waals surface area (Å²) in [7, 11) is 0. The van der Waals surface area contributed by atoms with Crippen LogP contribution in [0.5, 0.6) is 0 Å². The van der Waals surface area contributed by atoms with Crippen LogP contribution in [0.15, 0.2) is 24.3 Å². The molecule has 96 valence electrons. The summed E-state index contributed by atoms with van der Waals surface area (Å²) in [4.78, 5) is 0. The van der Waals surface area contributed by atoms with Crippen LogP contribution in [0.3, 0.4) is 0 Å². The van der Waals surface area contributed by atoms with Gasteiger partial charge in [0, 0.05) is 17.9 Å². The van der Waals surface area contributed by atoms with Crippen molar-refractivity contribution in [3.8, 4) is 11.1 Å². The average molecular weight is 244 g/mol. The molecule has 2 rings (SSSR count). The van der Waals surface area contributed by atoms with Crippen LogP contribution in [0, 0.1) is 13.8 Å². The molecule has 1 aromatic heterocycles. The van der Waals surface area contributed by atoms with E-state index in [9.17, 15) is 0 Å². The molecule has 0 fully saturated rings. The van der Waals surface area contributed by atoms with Crippen molar-refractivity contribution in [2.75, 3.05) is 6.61 Å². The van der Waals surface area contributed by atoms with Crippen LogP contribution in [0.25, 0.3) is 11.1 Å². The van der Waals surface area contributed by atoms with E-state index in [1.165, 1.54) is 16.7 Å². The van der Waals surface area contributed by atoms with E-state index in [0.717, 1.165) is 18.0 Å². The summed E-state index contributed by atoms with van der Waals surface area (Å²) in [5.41, 5.74) is 5.76. The van der Waals surface area contributed by atoms with Gasteiger partial charge in [-0.25, -0.2) is 0 Å². The monoisotopic (exact) mass is 244 g/mol. The first-order chi connectivity index (χ1) is 8.63. The predicted molar refractivity (Wildman–Crippen MR) is 73.5 cm³/mol. The van der Waals surface area contributed by atoms with E-state index in [-0.39, 0.29) is 6.10 Å². The molecule has 18 heavy (non-hydrogen) atoms. The van der Waals surface area contributed by atoms with Crippen LogP contribution in [0.4, 0.5) is 0 Å². The maximum absolute atomic E-state index is 5.59. The Labute approximate surface area is 108 Å². The van der Waals surface area contributed by atoms with Gasteiger partial charge in [0.2, 0.25) is 0 Å². The highest BCUT2D eigenvalue weighted by Gasteiger charge is 2.10. The summed E-state index contributed by atoms with van der Waals surface area (Å²) < 4.78 is 5.59. The number of hydrogen-bond acceptors (Lipinski definition) is 2. The first-order valence-electron chi connectivity index (χ1n) is 6.37. The zero-order valence-corrected chi connectivity index (χ0v) is 11.4. The molecular formula is C15H20N2O. The van der Waals surface area contributed by atoms with Crippen molar-refractivity contribution in [2.24, 2.45) is 0 Å². The van der Waals surface area contributed by atoms with Crippen molar-refractivity contribution in [1.29, 1.82) is 0 Å². The van der Waals surface area contributed by atoms with Gasteiger partial charge in [0.1, 0.15) is 0 Å². The first kappa shape index (κ1) is 12.8. The molecule has 0 aliphatic rings. The Hall–Kier alpha value is -1.61. The zero-order valence-electron chi connectivity index (χ0n) is 11.4. The highest BCUT2D eigenvalue weighted by molar-refractivity contribution is 5.68. The van der Waals surface area contributed by atoms with E-state index in [2.05, 4.69) is 41.4 Å². The van der Waals surface area contributed by atoms with Crippen molar-refractivity contribution in [3.63, 3.8) is 0 Å². The van der Waals surface area contributed by atoms with E-state index in [4.69, 9.17) is 4.74 Å². The van der Waals surface area contributed by atoms with Gasteiger partial charge in [-0.1, -0.05) is 24.3 Å². The molecule has 0 saturated heterocycles. The average Bonchev–Trinajstić information content (AvgIpc) is 2.70. The van der Waals surface area contributed by atoms with Crippen molar-refractivity contribution < 1.29 is 4.74 Å². The van der Waals surface area contributed by atoms with Gasteiger partial charge in [-0.2, -0.15) is 5.10 Å². The number of nitrogens with one attached hydrogen (secondary N) is 1. The maximum Gasteiger partial charge on any atom is 0.0796 e. The van der Waals surface area contributed by atoms with Crippen LogP contribution in [0.2, 0.25) is 0 Å². The molecular weight excluding hydrogens is 224 g/mol. The number of ether oxygens (including phenoxy) is 1. The number of H-pyrrole nitrogens is 1. The normalized spacial score (nSPS) is 12.7. The summed E-state index contributed by atoms with van der Waals surface area (Å²) in [6.07, 6.45) is 0.149. The lowest BCUT2D eigenvalue weighted by Gasteiger charge is -2.12. The van der Waals surface area contributed by atoms with Gasteiger partial charge in [0.25, 0.3) is 0 Å². The Kier molecular flexibility index (Phi) is 3.82. The minimum Gasteiger partial charge on any atom is -0.374 e. The molecule has 3 nitrogen and oxygen atoms in total. The largest absolute Gasteiger partial charge is 0.374 e. The Morgan fingerprint density at radius 3 is 2.39 bits per heavy atom. The number of benzene rings is 1. The molecule has 1 heterocycles. The molecule has 1 N–H and O–H groups in total. The Bertz CT molecular complexity index is 494. The molecule has 0 aliphatic carbocycles. The summed E-state index contributed by atoms with van der Waals surface area (Å²) in [6, 6.07) is 8.52. The molecule has 0 spiro atoms. The third-order valence-electron chi connectivity index (χ3n) is 3.21. The molecule has 1 aromatic carbocycles. The van der Waals surface area contributed by atoms with E-state index in [0.29, 0.717) is 0 Å². The zero-order chi connectivity index (χ0) is 13.1. The number of rotatable bonds is 4. The molecule has 0 aliphatic heterocycles. The number of aryl methyl sites for hydroxylation is 2. The maximum atomic E-state index is 5.59. The second kappa shape index (κ2) is 5.36. The van der Waals surface area contributed by atoms with Crippen LogP contribution in [-0.2, 0) is 4.74 Å². The fraction of sp³-hybridized carbons (Fsp3) is 0.400. The van der Waals surface area contributed by atoms with Crippen molar-refractivity contribution in [3.05, 3.63) is 41.2 Å². The number of nitrogens with zero attached hydrogens (tertiary/aromatic N) is 1. The Morgan fingerprint density at radius 1 is 1.22 bits per heavy atom. The summed E-state index contributed by atoms with van der Waals surface area (Å²) in [5, 5.41) is 7.25. The van der Waals surface area contributed by atoms with Crippen molar-refractivity contribution >= 4 is 0 Å². The van der Waals surface area contributed by atoms with Crippen molar-refractivity contribution in [2.45, 2.75) is 33.8 Å². The van der Waals surface area contributed by atoms with Crippen LogP contribution in [0.1, 0.15) is 36.9 Å². The molecule has 0 radical (unpaired) electrons. The molecule has 1 unspecified atom stereocenters. The summed E-state index contributed by atoms with van der Waals surface area (Å²) in [6.45, 7) is 8.90. The Morgan fingerprint density at radius 2 is 1.89 bits per heavy atom. The van der Waals surface area contributed by atoms with Gasteiger partial charge in [0.05, 0.1) is 11.8 Å². The van der Waals surface area contributed by atoms with E-state index in [1.807, 2.05) is 20.8 Å². The van der Waals surface area contributed by atoms with Gasteiger partial charge in [0.15, 0.2) is 0 Å². The second-order valence-electron chi connectivity index (χ2n) is 4.53. The van der Waals surface area contributed by atoms with Gasteiger partial charge in [-0.15, -0.1) is 0 Å². The summed E-state index contributed by atoms with van der Waals surface area (Å²) >= 11 is 0. The van der Waals surface area contributed by atoms with E-state index < -0.39 is 0 Å². The van der Waals surface area contributed by atoms with Gasteiger partial charge < -0.3 is 4.74 Å². The number of aromatic amines is 1. The minimum atomic E-state index is 0.149. The molecule has 2 aromatic rings. The number of hydrogen-bond donors (Lipinski definition) is 1. The first-order valence-corrected chi connectivity index (χ1v) is 6.37. The van der Waals surface area contributed by atoms with E-state index in [1.54, 1.807) is 0 Å². The third kappa shape index (κ3) is 2.46. The fourth-order valence-electron chi connectivity index (χ4n) is 2.24. The molecule has 0 saturated carbocycles. The SMILES string of the molecule is CCOC(C)c1ccc(-c2c(C)n[nH]c2C)cc1. The highest BCUT2D eigenvalue weighted by Crippen LogP contribution is 2.27. The number of aromatic nitrogens is 2. The molecule has 0 bridgehead atoms.